The van der Waals surface area contributed by atoms with Crippen molar-refractivity contribution in [2.45, 2.75) is 56.5 Å². The number of alkyl halides is 3. The van der Waals surface area contributed by atoms with Gasteiger partial charge in [0.05, 0.1) is 11.3 Å². The van der Waals surface area contributed by atoms with Crippen LogP contribution >= 0.6 is 0 Å². The zero-order valence-corrected chi connectivity index (χ0v) is 24.8. The summed E-state index contributed by atoms with van der Waals surface area (Å²) in [6.07, 6.45) is -1.77. The molecule has 2 aromatic carbocycles. The second-order valence-corrected chi connectivity index (χ2v) is 13.1. The summed E-state index contributed by atoms with van der Waals surface area (Å²) in [5.74, 6) is -1.47. The van der Waals surface area contributed by atoms with Gasteiger partial charge in [-0.05, 0) is 58.5 Å². The number of sulfonamides is 1. The van der Waals surface area contributed by atoms with Crippen molar-refractivity contribution in [3.63, 3.8) is 0 Å². The van der Waals surface area contributed by atoms with Gasteiger partial charge in [0.2, 0.25) is 21.8 Å². The minimum absolute atomic E-state index is 0.0243. The molecule has 1 saturated heterocycles. The highest BCUT2D eigenvalue weighted by atomic mass is 32.2. The Bertz CT molecular complexity index is 1530. The molecule has 0 saturated carbocycles. The summed E-state index contributed by atoms with van der Waals surface area (Å²) in [4.78, 5) is 31.7. The number of rotatable bonds is 8. The molecule has 1 N–H and O–H groups in total. The maximum atomic E-state index is 13.6. The number of hydrogen-bond acceptors (Lipinski definition) is 6. The molecule has 0 spiro atoms. The van der Waals surface area contributed by atoms with Crippen LogP contribution in [0.15, 0.2) is 78.0 Å². The minimum atomic E-state index is -4.93. The summed E-state index contributed by atoms with van der Waals surface area (Å²) >= 11 is 0. The van der Waals surface area contributed by atoms with Gasteiger partial charge in [-0.2, -0.15) is 4.31 Å². The minimum Gasteiger partial charge on any atom is -0.406 e. The first-order valence-corrected chi connectivity index (χ1v) is 15.0. The van der Waals surface area contributed by atoms with E-state index in [9.17, 15) is 31.2 Å². The van der Waals surface area contributed by atoms with E-state index < -0.39 is 34.1 Å². The van der Waals surface area contributed by atoms with E-state index in [-0.39, 0.29) is 48.8 Å². The first-order valence-electron chi connectivity index (χ1n) is 13.5. The number of carbonyl (C=O) groups is 2. The molecule has 3 aromatic rings. The van der Waals surface area contributed by atoms with Gasteiger partial charge in [-0.1, -0.05) is 45.0 Å². The Kier molecular flexibility index (Phi) is 9.45. The van der Waals surface area contributed by atoms with Gasteiger partial charge >= 0.3 is 6.36 Å². The molecule has 4 rings (SSSR count). The average Bonchev–Trinajstić information content (AvgIpc) is 2.95. The number of halogens is 3. The van der Waals surface area contributed by atoms with Crippen LogP contribution in [0.4, 0.5) is 13.2 Å². The van der Waals surface area contributed by atoms with Crippen LogP contribution in [0.5, 0.6) is 5.75 Å². The zero-order valence-electron chi connectivity index (χ0n) is 24.0. The second kappa shape index (κ2) is 12.7. The van der Waals surface area contributed by atoms with Crippen LogP contribution in [-0.2, 0) is 38.0 Å². The SMILES string of the molecule is CC(C)(C)c1ccc(CNC(=O)[C@H]2CN(C(=O)Cc3ccncc3)CCN2S(=O)(=O)c2ccc(OC(F)(F)F)cc2)cc1. The zero-order chi connectivity index (χ0) is 31.4. The highest BCUT2D eigenvalue weighted by Gasteiger charge is 2.41. The van der Waals surface area contributed by atoms with Crippen molar-refractivity contribution in [2.24, 2.45) is 0 Å². The van der Waals surface area contributed by atoms with Crippen LogP contribution in [0.1, 0.15) is 37.5 Å². The number of benzene rings is 2. The summed E-state index contributed by atoms with van der Waals surface area (Å²) < 4.78 is 69.9. The normalized spacial score (nSPS) is 16.5. The van der Waals surface area contributed by atoms with E-state index in [1.54, 1.807) is 24.5 Å². The predicted molar refractivity (Wildman–Crippen MR) is 152 cm³/mol. The predicted octanol–water partition coefficient (Wildman–Crippen LogP) is 4.04. The number of nitrogens with one attached hydrogen (secondary N) is 1. The average molecular weight is 619 g/mol. The number of carbonyl (C=O) groups excluding carboxylic acids is 2. The largest absolute Gasteiger partial charge is 0.573 e. The van der Waals surface area contributed by atoms with Crippen LogP contribution < -0.4 is 10.1 Å². The summed E-state index contributed by atoms with van der Waals surface area (Å²) in [7, 11) is -4.34. The van der Waals surface area contributed by atoms with Crippen molar-refractivity contribution in [3.05, 3.63) is 89.7 Å². The molecule has 1 aliphatic heterocycles. The van der Waals surface area contributed by atoms with Gasteiger partial charge in [-0.3, -0.25) is 14.6 Å². The molecule has 43 heavy (non-hydrogen) atoms. The van der Waals surface area contributed by atoms with Crippen molar-refractivity contribution < 1.29 is 35.9 Å². The molecule has 0 radical (unpaired) electrons. The first kappa shape index (κ1) is 32.0. The van der Waals surface area contributed by atoms with E-state index >= 15 is 0 Å². The monoisotopic (exact) mass is 618 g/mol. The van der Waals surface area contributed by atoms with Gasteiger partial charge < -0.3 is 15.0 Å². The Hall–Kier alpha value is -3.97. The Morgan fingerprint density at radius 2 is 1.56 bits per heavy atom. The maximum Gasteiger partial charge on any atom is 0.573 e. The van der Waals surface area contributed by atoms with Crippen molar-refractivity contribution in [1.29, 1.82) is 0 Å². The van der Waals surface area contributed by atoms with E-state index in [4.69, 9.17) is 0 Å². The standard InChI is InChI=1S/C30H33F3N4O5S/c1-29(2,3)23-6-4-22(5-7-23)19-35-28(39)26-20-36(27(38)18-21-12-14-34-15-13-21)16-17-37(26)43(40,41)25-10-8-24(9-11-25)42-30(31,32)33/h4-15,26H,16-20H2,1-3H3,(H,35,39)/t26-/m1/s1. The third kappa shape index (κ3) is 8.32. The fourth-order valence-electron chi connectivity index (χ4n) is 4.66. The fraction of sp³-hybridized carbons (Fsp3) is 0.367. The topological polar surface area (TPSA) is 109 Å². The molecule has 0 unspecified atom stereocenters. The molecule has 1 atom stereocenters. The van der Waals surface area contributed by atoms with E-state index in [0.717, 1.165) is 45.3 Å². The van der Waals surface area contributed by atoms with Crippen molar-refractivity contribution >= 4 is 21.8 Å². The van der Waals surface area contributed by atoms with E-state index in [1.807, 2.05) is 24.3 Å². The summed E-state index contributed by atoms with van der Waals surface area (Å²) in [5, 5.41) is 2.79. The van der Waals surface area contributed by atoms with E-state index in [0.29, 0.717) is 0 Å². The van der Waals surface area contributed by atoms with Crippen molar-refractivity contribution in [2.75, 3.05) is 19.6 Å². The molecule has 13 heteroatoms. The molecular formula is C30H33F3N4O5S. The van der Waals surface area contributed by atoms with Gasteiger partial charge in [0.25, 0.3) is 0 Å². The lowest BCUT2D eigenvalue weighted by molar-refractivity contribution is -0.274. The maximum absolute atomic E-state index is 13.6. The smallest absolute Gasteiger partial charge is 0.406 e. The number of amides is 2. The van der Waals surface area contributed by atoms with Gasteiger partial charge in [-0.25, -0.2) is 8.42 Å². The highest BCUT2D eigenvalue weighted by Crippen LogP contribution is 2.27. The van der Waals surface area contributed by atoms with Gasteiger partial charge in [0.15, 0.2) is 0 Å². The number of piperazine rings is 1. The Morgan fingerprint density at radius 3 is 2.14 bits per heavy atom. The van der Waals surface area contributed by atoms with E-state index in [2.05, 4.69) is 35.8 Å². The molecule has 2 heterocycles. The van der Waals surface area contributed by atoms with Crippen LogP contribution in [0.3, 0.4) is 0 Å². The lowest BCUT2D eigenvalue weighted by Crippen LogP contribution is -2.61. The molecule has 0 aliphatic carbocycles. The Balaban J connectivity index is 1.55. The molecule has 9 nitrogen and oxygen atoms in total. The van der Waals surface area contributed by atoms with Gasteiger partial charge in [-0.15, -0.1) is 13.2 Å². The Labute approximate surface area is 248 Å². The Morgan fingerprint density at radius 1 is 0.930 bits per heavy atom. The van der Waals surface area contributed by atoms with Gasteiger partial charge in [0.1, 0.15) is 11.8 Å². The van der Waals surface area contributed by atoms with Crippen LogP contribution in [0.25, 0.3) is 0 Å². The molecule has 1 aliphatic rings. The second-order valence-electron chi connectivity index (χ2n) is 11.2. The molecule has 1 fully saturated rings. The molecule has 0 bridgehead atoms. The van der Waals surface area contributed by atoms with Crippen LogP contribution in [0, 0.1) is 0 Å². The lowest BCUT2D eigenvalue weighted by atomic mass is 9.87. The first-order chi connectivity index (χ1) is 20.1. The van der Waals surface area contributed by atoms with Crippen molar-refractivity contribution in [1.82, 2.24) is 19.5 Å². The summed E-state index contributed by atoms with van der Waals surface area (Å²) in [6, 6.07) is 13.6. The van der Waals surface area contributed by atoms with Crippen LogP contribution in [0.2, 0.25) is 0 Å². The number of pyridine rings is 1. The lowest BCUT2D eigenvalue weighted by Gasteiger charge is -2.39. The molecule has 2 amide bonds. The third-order valence-corrected chi connectivity index (χ3v) is 8.96. The molecule has 1 aromatic heterocycles. The third-order valence-electron chi connectivity index (χ3n) is 7.04. The fourth-order valence-corrected chi connectivity index (χ4v) is 6.23. The highest BCUT2D eigenvalue weighted by molar-refractivity contribution is 7.89. The number of ether oxygens (including phenoxy) is 1. The van der Waals surface area contributed by atoms with Crippen molar-refractivity contribution in [3.8, 4) is 5.75 Å². The summed E-state index contributed by atoms with van der Waals surface area (Å²) in [5.41, 5.74) is 2.58. The number of aromatic nitrogens is 1. The van der Waals surface area contributed by atoms with Crippen LogP contribution in [-0.4, -0.2) is 66.5 Å². The summed E-state index contributed by atoms with van der Waals surface area (Å²) in [6.45, 7) is 6.01. The quantitative estimate of drug-likeness (QED) is 0.409. The molecule has 230 valence electrons. The number of nitrogens with zero attached hydrogens (tertiary/aromatic N) is 3. The number of hydrogen-bond donors (Lipinski definition) is 1. The van der Waals surface area contributed by atoms with E-state index in [1.165, 1.54) is 4.90 Å². The van der Waals surface area contributed by atoms with Gasteiger partial charge in [0, 0.05) is 38.6 Å². The molecular weight excluding hydrogens is 585 g/mol.